The van der Waals surface area contributed by atoms with Crippen molar-refractivity contribution in [1.82, 2.24) is 0 Å². The van der Waals surface area contributed by atoms with Gasteiger partial charge in [0.1, 0.15) is 0 Å². The molecular weight excluding hydrogens is 120 g/mol. The van der Waals surface area contributed by atoms with Gasteiger partial charge < -0.3 is 9.84 Å². The van der Waals surface area contributed by atoms with Gasteiger partial charge in [-0.3, -0.25) is 0 Å². The van der Waals surface area contributed by atoms with Crippen molar-refractivity contribution in [2.75, 3.05) is 0 Å². The van der Waals surface area contributed by atoms with E-state index >= 15 is 0 Å². The number of carboxylic acid groups (broad SMARTS) is 1. The SMILES string of the molecule is CC=CC1=C(C(=O)O)O1. The molecule has 0 unspecified atom stereocenters. The van der Waals surface area contributed by atoms with Gasteiger partial charge in [-0.1, -0.05) is 6.08 Å². The summed E-state index contributed by atoms with van der Waals surface area (Å²) in [5.74, 6) is -0.471. The number of allylic oxidation sites excluding steroid dienone is 2. The van der Waals surface area contributed by atoms with Crippen molar-refractivity contribution in [3.8, 4) is 0 Å². The van der Waals surface area contributed by atoms with E-state index in [1.807, 2.05) is 0 Å². The maximum absolute atomic E-state index is 10.0. The van der Waals surface area contributed by atoms with Gasteiger partial charge in [0.2, 0.25) is 0 Å². The van der Waals surface area contributed by atoms with E-state index in [0.717, 1.165) is 0 Å². The Morgan fingerprint density at radius 3 is 2.78 bits per heavy atom. The molecule has 0 spiro atoms. The Balaban J connectivity index is 2.60. The topological polar surface area (TPSA) is 49.8 Å². The molecule has 0 amide bonds. The normalized spacial score (nSPS) is 16.1. The highest BCUT2D eigenvalue weighted by Crippen LogP contribution is 2.26. The monoisotopic (exact) mass is 126 g/mol. The summed E-state index contributed by atoms with van der Waals surface area (Å²) >= 11 is 0. The maximum atomic E-state index is 10.0. The fourth-order valence-corrected chi connectivity index (χ4v) is 0.495. The third-order valence-corrected chi connectivity index (χ3v) is 0.906. The first-order chi connectivity index (χ1) is 4.25. The predicted molar refractivity (Wildman–Crippen MR) is 30.6 cm³/mol. The molecule has 0 radical (unpaired) electrons. The number of hydrogen-bond acceptors (Lipinski definition) is 2. The number of carbonyl (C=O) groups is 1. The lowest BCUT2D eigenvalue weighted by Crippen LogP contribution is -1.88. The van der Waals surface area contributed by atoms with Crippen LogP contribution in [0.4, 0.5) is 0 Å². The largest absolute Gasteiger partial charge is 0.475 e. The first-order valence-corrected chi connectivity index (χ1v) is 2.54. The standard InChI is InChI=1S/C6H6O3/c1-2-3-4-5(9-4)6(7)8/h2-3H,1H3,(H,7,8). The minimum atomic E-state index is -0.997. The smallest absolute Gasteiger partial charge is 0.375 e. The zero-order valence-electron chi connectivity index (χ0n) is 4.92. The second-order valence-corrected chi connectivity index (χ2v) is 1.60. The lowest BCUT2D eigenvalue weighted by Gasteiger charge is -1.69. The predicted octanol–water partition coefficient (Wildman–Crippen LogP) is 0.889. The Hall–Kier alpha value is -1.25. The van der Waals surface area contributed by atoms with Crippen LogP contribution in [0.15, 0.2) is 23.7 Å². The molecule has 9 heavy (non-hydrogen) atoms. The summed E-state index contributed by atoms with van der Waals surface area (Å²) in [6.07, 6.45) is 3.34. The first-order valence-electron chi connectivity index (χ1n) is 2.54. The van der Waals surface area contributed by atoms with Gasteiger partial charge in [-0.25, -0.2) is 4.79 Å². The fraction of sp³-hybridized carbons (Fsp3) is 0.167. The quantitative estimate of drug-likeness (QED) is 0.597. The van der Waals surface area contributed by atoms with Crippen LogP contribution in [0.1, 0.15) is 6.92 Å². The summed E-state index contributed by atoms with van der Waals surface area (Å²) in [5, 5.41) is 8.23. The maximum Gasteiger partial charge on any atom is 0.375 e. The number of rotatable bonds is 2. The van der Waals surface area contributed by atoms with Gasteiger partial charge in [0.15, 0.2) is 5.76 Å². The van der Waals surface area contributed by atoms with E-state index in [-0.39, 0.29) is 5.76 Å². The Morgan fingerprint density at radius 1 is 1.78 bits per heavy atom. The second-order valence-electron chi connectivity index (χ2n) is 1.60. The highest BCUT2D eigenvalue weighted by molar-refractivity contribution is 5.89. The average molecular weight is 126 g/mol. The Morgan fingerprint density at radius 2 is 2.44 bits per heavy atom. The van der Waals surface area contributed by atoms with Crippen molar-refractivity contribution in [2.24, 2.45) is 0 Å². The molecule has 1 aliphatic heterocycles. The van der Waals surface area contributed by atoms with Gasteiger partial charge in [0.25, 0.3) is 5.76 Å². The van der Waals surface area contributed by atoms with E-state index in [9.17, 15) is 4.79 Å². The van der Waals surface area contributed by atoms with E-state index in [1.54, 1.807) is 19.1 Å². The van der Waals surface area contributed by atoms with Crippen LogP contribution in [0.25, 0.3) is 0 Å². The van der Waals surface area contributed by atoms with Crippen molar-refractivity contribution in [3.63, 3.8) is 0 Å². The molecule has 0 aromatic heterocycles. The summed E-state index contributed by atoms with van der Waals surface area (Å²) in [6, 6.07) is 0. The molecule has 1 N–H and O–H groups in total. The van der Waals surface area contributed by atoms with Gasteiger partial charge in [-0.2, -0.15) is 0 Å². The van der Waals surface area contributed by atoms with Gasteiger partial charge in [0.05, 0.1) is 0 Å². The van der Waals surface area contributed by atoms with Crippen LogP contribution in [-0.4, -0.2) is 11.1 Å². The number of hydrogen-bond donors (Lipinski definition) is 1. The zero-order valence-corrected chi connectivity index (χ0v) is 4.92. The average Bonchev–Trinajstić information content (AvgIpc) is 2.47. The van der Waals surface area contributed by atoms with E-state index in [0.29, 0.717) is 5.76 Å². The summed E-state index contributed by atoms with van der Waals surface area (Å²) in [7, 11) is 0. The summed E-state index contributed by atoms with van der Waals surface area (Å²) in [4.78, 5) is 10.0. The number of ether oxygens (including phenoxy) is 1. The number of carboxylic acids is 1. The molecule has 1 heterocycles. The molecule has 0 saturated carbocycles. The molecule has 0 saturated heterocycles. The molecule has 0 aliphatic carbocycles. The lowest BCUT2D eigenvalue weighted by atomic mass is 10.4. The van der Waals surface area contributed by atoms with Crippen LogP contribution in [-0.2, 0) is 9.53 Å². The summed E-state index contributed by atoms with van der Waals surface area (Å²) in [6.45, 7) is 1.80. The lowest BCUT2D eigenvalue weighted by molar-refractivity contribution is -0.133. The molecule has 3 heteroatoms. The summed E-state index contributed by atoms with van der Waals surface area (Å²) < 4.78 is 4.57. The Kier molecular flexibility index (Phi) is 1.26. The molecular formula is C6H6O3. The molecule has 0 fully saturated rings. The van der Waals surface area contributed by atoms with E-state index in [1.165, 1.54) is 0 Å². The van der Waals surface area contributed by atoms with E-state index in [2.05, 4.69) is 4.74 Å². The van der Waals surface area contributed by atoms with Crippen LogP contribution in [0, 0.1) is 0 Å². The van der Waals surface area contributed by atoms with Crippen LogP contribution >= 0.6 is 0 Å². The summed E-state index contributed by atoms with van der Waals surface area (Å²) in [5.41, 5.74) is 0. The van der Waals surface area contributed by atoms with Crippen molar-refractivity contribution >= 4 is 5.97 Å². The van der Waals surface area contributed by atoms with Gasteiger partial charge in [-0.15, -0.1) is 0 Å². The molecule has 0 aromatic carbocycles. The first kappa shape index (κ1) is 5.88. The van der Waals surface area contributed by atoms with Gasteiger partial charge in [-0.05, 0) is 13.0 Å². The van der Waals surface area contributed by atoms with Gasteiger partial charge >= 0.3 is 5.97 Å². The van der Waals surface area contributed by atoms with Crippen molar-refractivity contribution in [1.29, 1.82) is 0 Å². The minimum Gasteiger partial charge on any atom is -0.475 e. The zero-order chi connectivity index (χ0) is 6.85. The van der Waals surface area contributed by atoms with Crippen LogP contribution in [0.2, 0.25) is 0 Å². The van der Waals surface area contributed by atoms with E-state index < -0.39 is 5.97 Å². The van der Waals surface area contributed by atoms with Crippen molar-refractivity contribution in [2.45, 2.75) is 6.92 Å². The minimum absolute atomic E-state index is 0.0631. The Bertz CT molecular complexity index is 200. The molecule has 0 atom stereocenters. The molecule has 1 aliphatic rings. The number of aliphatic carboxylic acids is 1. The second kappa shape index (κ2) is 1.93. The highest BCUT2D eigenvalue weighted by Gasteiger charge is 2.29. The molecule has 3 nitrogen and oxygen atoms in total. The third-order valence-electron chi connectivity index (χ3n) is 0.906. The van der Waals surface area contributed by atoms with Gasteiger partial charge in [0, 0.05) is 0 Å². The molecule has 1 rings (SSSR count). The Labute approximate surface area is 52.2 Å². The molecule has 0 aromatic rings. The molecule has 48 valence electrons. The van der Waals surface area contributed by atoms with Crippen molar-refractivity contribution < 1.29 is 14.6 Å². The van der Waals surface area contributed by atoms with Crippen LogP contribution in [0.5, 0.6) is 0 Å². The fourth-order valence-electron chi connectivity index (χ4n) is 0.495. The van der Waals surface area contributed by atoms with Crippen molar-refractivity contribution in [3.05, 3.63) is 23.7 Å². The molecule has 0 bridgehead atoms. The van der Waals surface area contributed by atoms with Crippen LogP contribution < -0.4 is 0 Å². The van der Waals surface area contributed by atoms with Crippen LogP contribution in [0.3, 0.4) is 0 Å². The third kappa shape index (κ3) is 1.10. The van der Waals surface area contributed by atoms with E-state index in [4.69, 9.17) is 5.11 Å². The highest BCUT2D eigenvalue weighted by atomic mass is 16.6.